The second kappa shape index (κ2) is 11.2. The number of methoxy groups -OCH3 is 1. The van der Waals surface area contributed by atoms with Crippen molar-refractivity contribution < 1.29 is 18.7 Å². The van der Waals surface area contributed by atoms with Gasteiger partial charge in [0.15, 0.2) is 0 Å². The summed E-state index contributed by atoms with van der Waals surface area (Å²) < 4.78 is 26.5. The molecule has 0 unspecified atom stereocenters. The number of rotatable bonds is 6. The lowest BCUT2D eigenvalue weighted by atomic mass is 10.0. The molecule has 0 N–H and O–H groups in total. The number of hydrogen-bond donors (Lipinski definition) is 0. The topological polar surface area (TPSA) is 76.9 Å². The Balaban J connectivity index is 1.50. The minimum atomic E-state index is -0.437. The number of hydrogen-bond acceptors (Lipinski definition) is 6. The fourth-order valence-electron chi connectivity index (χ4n) is 4.50. The Hall–Kier alpha value is -4.37. The highest BCUT2D eigenvalue weighted by atomic mass is 35.5. The van der Waals surface area contributed by atoms with E-state index in [0.29, 0.717) is 54.1 Å². The molecule has 0 atom stereocenters. The van der Waals surface area contributed by atoms with Gasteiger partial charge in [0.25, 0.3) is 0 Å². The SMILES string of the molecule is COc1cc(F)ccc1-c1ccc(Oc2c(N3CCN(C(C)=O)CC3)cnn(-c3ccc(Cl)cc3)c2=O)cc1. The van der Waals surface area contributed by atoms with Crippen LogP contribution >= 0.6 is 11.6 Å². The largest absolute Gasteiger partial charge is 0.496 e. The first-order valence-corrected chi connectivity index (χ1v) is 12.7. The number of piperazine rings is 1. The number of carbonyl (C=O) groups excluding carboxylic acids is 1. The van der Waals surface area contributed by atoms with E-state index < -0.39 is 5.56 Å². The van der Waals surface area contributed by atoms with Gasteiger partial charge in [-0.2, -0.15) is 9.78 Å². The molecule has 1 amide bonds. The Morgan fingerprint density at radius 2 is 1.67 bits per heavy atom. The lowest BCUT2D eigenvalue weighted by molar-refractivity contribution is -0.129. The predicted octanol–water partition coefficient (Wildman–Crippen LogP) is 5.16. The number of anilines is 1. The molecule has 0 bridgehead atoms. The minimum Gasteiger partial charge on any atom is -0.496 e. The molecule has 0 aliphatic carbocycles. The minimum absolute atomic E-state index is 0.0141. The van der Waals surface area contributed by atoms with Crippen molar-refractivity contribution in [2.45, 2.75) is 6.92 Å². The van der Waals surface area contributed by atoms with Crippen LogP contribution < -0.4 is 19.9 Å². The van der Waals surface area contributed by atoms with Gasteiger partial charge in [-0.1, -0.05) is 23.7 Å². The number of carbonyl (C=O) groups is 1. The van der Waals surface area contributed by atoms with Crippen molar-refractivity contribution in [2.24, 2.45) is 0 Å². The van der Waals surface area contributed by atoms with Gasteiger partial charge >= 0.3 is 5.56 Å². The number of amides is 1. The van der Waals surface area contributed by atoms with E-state index in [0.717, 1.165) is 11.1 Å². The first kappa shape index (κ1) is 26.2. The first-order valence-electron chi connectivity index (χ1n) is 12.3. The summed E-state index contributed by atoms with van der Waals surface area (Å²) in [7, 11) is 1.49. The van der Waals surface area contributed by atoms with Crippen LogP contribution in [0.5, 0.6) is 17.2 Å². The van der Waals surface area contributed by atoms with Gasteiger partial charge < -0.3 is 19.3 Å². The van der Waals surface area contributed by atoms with E-state index in [1.165, 1.54) is 23.9 Å². The Labute approximate surface area is 229 Å². The quantitative estimate of drug-likeness (QED) is 0.331. The first-order chi connectivity index (χ1) is 18.8. The molecule has 4 aromatic rings. The molecular formula is C29H26ClFN4O4. The molecule has 8 nitrogen and oxygen atoms in total. The van der Waals surface area contributed by atoms with E-state index in [-0.39, 0.29) is 17.5 Å². The van der Waals surface area contributed by atoms with Crippen LogP contribution in [0.4, 0.5) is 10.1 Å². The van der Waals surface area contributed by atoms with Gasteiger partial charge in [0.05, 0.1) is 19.0 Å². The van der Waals surface area contributed by atoms with Crippen molar-refractivity contribution in [1.82, 2.24) is 14.7 Å². The summed E-state index contributed by atoms with van der Waals surface area (Å²) in [6.07, 6.45) is 1.60. The number of aromatic nitrogens is 2. The Morgan fingerprint density at radius 3 is 2.31 bits per heavy atom. The van der Waals surface area contributed by atoms with Gasteiger partial charge in [-0.25, -0.2) is 4.39 Å². The zero-order chi connectivity index (χ0) is 27.5. The van der Waals surface area contributed by atoms with Gasteiger partial charge in [0, 0.05) is 49.8 Å². The Bertz CT molecular complexity index is 1550. The monoisotopic (exact) mass is 548 g/mol. The lowest BCUT2D eigenvalue weighted by Crippen LogP contribution is -2.48. The molecule has 1 aromatic heterocycles. The Kier molecular flexibility index (Phi) is 7.51. The van der Waals surface area contributed by atoms with E-state index in [2.05, 4.69) is 5.10 Å². The number of benzene rings is 3. The molecule has 10 heteroatoms. The second-order valence-electron chi connectivity index (χ2n) is 9.02. The van der Waals surface area contributed by atoms with Crippen LogP contribution in [0.1, 0.15) is 6.92 Å². The van der Waals surface area contributed by atoms with Gasteiger partial charge in [-0.05, 0) is 54.1 Å². The molecule has 1 saturated heterocycles. The van der Waals surface area contributed by atoms with Crippen LogP contribution in [0.3, 0.4) is 0 Å². The van der Waals surface area contributed by atoms with Crippen molar-refractivity contribution in [2.75, 3.05) is 38.2 Å². The van der Waals surface area contributed by atoms with Crippen LogP contribution in [0, 0.1) is 5.82 Å². The van der Waals surface area contributed by atoms with Gasteiger partial charge in [-0.15, -0.1) is 0 Å². The third-order valence-electron chi connectivity index (χ3n) is 6.60. The third-order valence-corrected chi connectivity index (χ3v) is 6.85. The zero-order valence-electron chi connectivity index (χ0n) is 21.4. The molecule has 200 valence electrons. The van der Waals surface area contributed by atoms with E-state index in [1.807, 2.05) is 17.0 Å². The molecule has 0 saturated carbocycles. The molecule has 2 heterocycles. The highest BCUT2D eigenvalue weighted by Gasteiger charge is 2.25. The smallest absolute Gasteiger partial charge is 0.316 e. The van der Waals surface area contributed by atoms with Gasteiger partial charge in [-0.3, -0.25) is 9.59 Å². The predicted molar refractivity (Wildman–Crippen MR) is 148 cm³/mol. The normalized spacial score (nSPS) is 13.3. The average molecular weight is 549 g/mol. The third kappa shape index (κ3) is 5.58. The van der Waals surface area contributed by atoms with Crippen LogP contribution in [-0.4, -0.2) is 53.9 Å². The molecule has 3 aromatic carbocycles. The van der Waals surface area contributed by atoms with E-state index in [4.69, 9.17) is 21.1 Å². The summed E-state index contributed by atoms with van der Waals surface area (Å²) in [6.45, 7) is 3.67. The van der Waals surface area contributed by atoms with Crippen LogP contribution in [-0.2, 0) is 4.79 Å². The fraction of sp³-hybridized carbons (Fsp3) is 0.207. The average Bonchev–Trinajstić information content (AvgIpc) is 2.95. The molecule has 0 radical (unpaired) electrons. The fourth-order valence-corrected chi connectivity index (χ4v) is 4.63. The maximum atomic E-state index is 13.7. The molecular weight excluding hydrogens is 523 g/mol. The van der Waals surface area contributed by atoms with Crippen molar-refractivity contribution in [1.29, 1.82) is 0 Å². The number of halogens is 2. The molecule has 1 aliphatic rings. The van der Waals surface area contributed by atoms with E-state index >= 15 is 0 Å². The van der Waals surface area contributed by atoms with Gasteiger partial charge in [0.2, 0.25) is 11.7 Å². The van der Waals surface area contributed by atoms with E-state index in [9.17, 15) is 14.0 Å². The van der Waals surface area contributed by atoms with Crippen molar-refractivity contribution in [3.05, 3.63) is 94.1 Å². The zero-order valence-corrected chi connectivity index (χ0v) is 22.2. The summed E-state index contributed by atoms with van der Waals surface area (Å²) >= 11 is 6.03. The molecule has 0 spiro atoms. The van der Waals surface area contributed by atoms with Crippen molar-refractivity contribution in [3.8, 4) is 34.1 Å². The highest BCUT2D eigenvalue weighted by molar-refractivity contribution is 6.30. The summed E-state index contributed by atoms with van der Waals surface area (Å²) in [5.74, 6) is 0.593. The Morgan fingerprint density at radius 1 is 0.974 bits per heavy atom. The standard InChI is InChI=1S/C29H26ClFN4O4/c1-19(36)33-13-15-34(16-14-33)26-18-32-35(23-8-5-21(30)6-9-23)29(37)28(26)39-24-10-3-20(4-11-24)25-12-7-22(31)17-27(25)38-2/h3-12,17-18H,13-16H2,1-2H3. The van der Waals surface area contributed by atoms with Crippen molar-refractivity contribution in [3.63, 3.8) is 0 Å². The summed E-state index contributed by atoms with van der Waals surface area (Å²) in [5.41, 5.74) is 2.17. The summed E-state index contributed by atoms with van der Waals surface area (Å²) in [6, 6.07) is 18.2. The molecule has 39 heavy (non-hydrogen) atoms. The van der Waals surface area contributed by atoms with Crippen LogP contribution in [0.15, 0.2) is 77.7 Å². The van der Waals surface area contributed by atoms with Gasteiger partial charge in [0.1, 0.15) is 23.0 Å². The summed E-state index contributed by atoms with van der Waals surface area (Å²) in [4.78, 5) is 29.3. The van der Waals surface area contributed by atoms with Crippen LogP contribution in [0.25, 0.3) is 16.8 Å². The number of ether oxygens (including phenoxy) is 2. The summed E-state index contributed by atoms with van der Waals surface area (Å²) in [5, 5.41) is 4.95. The van der Waals surface area contributed by atoms with Crippen LogP contribution in [0.2, 0.25) is 5.02 Å². The number of nitrogens with zero attached hydrogens (tertiary/aromatic N) is 4. The lowest BCUT2D eigenvalue weighted by Gasteiger charge is -2.35. The van der Waals surface area contributed by atoms with Crippen molar-refractivity contribution >= 4 is 23.2 Å². The maximum Gasteiger partial charge on any atom is 0.316 e. The second-order valence-corrected chi connectivity index (χ2v) is 9.45. The molecule has 1 aliphatic heterocycles. The highest BCUT2D eigenvalue weighted by Crippen LogP contribution is 2.34. The maximum absolute atomic E-state index is 13.7. The molecule has 5 rings (SSSR count). The van der Waals surface area contributed by atoms with E-state index in [1.54, 1.807) is 60.5 Å². The molecule has 1 fully saturated rings.